The Kier molecular flexibility index (Phi) is 13.4. The lowest BCUT2D eigenvalue weighted by Gasteiger charge is -2.31. The van der Waals surface area contributed by atoms with Crippen LogP contribution in [0.1, 0.15) is 48.9 Å². The van der Waals surface area contributed by atoms with Crippen molar-refractivity contribution >= 4 is 56.4 Å². The largest absolute Gasteiger partial charge is 0.494 e. The van der Waals surface area contributed by atoms with Gasteiger partial charge in [0.05, 0.1) is 24.2 Å². The molecule has 21 heteroatoms. The fraction of sp³-hybridized carbons (Fsp3) is 0.528. The van der Waals surface area contributed by atoms with Crippen molar-refractivity contribution in [2.24, 2.45) is 17.6 Å². The molecule has 0 unspecified atom stereocenters. The number of fused-ring (bicyclic) bond motifs is 2. The van der Waals surface area contributed by atoms with E-state index in [4.69, 9.17) is 35.3 Å². The molecule has 14 nitrogen and oxygen atoms in total. The SMILES string of the molecule is COc1cc(C(=O)N2CCC[C@@H](N)C2)cc2nc(-c3cc4ccsc4n3CC3CC3)n(CCN3CCC(C(=O)O)CC3)c12.O=C(O)C(F)(F)F.O=C(O)C(F)(F)F. The molecule has 3 aromatic heterocycles. The number of amides is 1. The first-order valence-corrected chi connectivity index (χ1v) is 18.9. The topological polar surface area (TPSA) is 193 Å². The summed E-state index contributed by atoms with van der Waals surface area (Å²) < 4.78 is 74.1. The summed E-state index contributed by atoms with van der Waals surface area (Å²) in [6, 6.07) is 8.19. The Morgan fingerprint density at radius 2 is 1.53 bits per heavy atom. The van der Waals surface area contributed by atoms with Crippen LogP contribution in [0.3, 0.4) is 0 Å². The fourth-order valence-corrected chi connectivity index (χ4v) is 7.75. The van der Waals surface area contributed by atoms with Crippen molar-refractivity contribution in [3.63, 3.8) is 0 Å². The second-order valence-electron chi connectivity index (χ2n) is 14.1. The van der Waals surface area contributed by atoms with Gasteiger partial charge in [-0.3, -0.25) is 9.59 Å². The van der Waals surface area contributed by atoms with Crippen LogP contribution in [0.25, 0.3) is 32.8 Å². The number of hydrogen-bond donors (Lipinski definition) is 4. The minimum Gasteiger partial charge on any atom is -0.494 e. The number of carboxylic acid groups (broad SMARTS) is 3. The fourth-order valence-electron chi connectivity index (χ4n) is 6.84. The number of aliphatic carboxylic acids is 3. The minimum absolute atomic E-state index is 0.00262. The van der Waals surface area contributed by atoms with E-state index in [0.29, 0.717) is 49.7 Å². The van der Waals surface area contributed by atoms with E-state index in [1.807, 2.05) is 17.0 Å². The van der Waals surface area contributed by atoms with Crippen molar-refractivity contribution in [1.29, 1.82) is 0 Å². The van der Waals surface area contributed by atoms with E-state index in [0.717, 1.165) is 61.6 Å². The molecule has 312 valence electrons. The monoisotopic (exact) mass is 832 g/mol. The lowest BCUT2D eigenvalue weighted by Crippen LogP contribution is -2.45. The van der Waals surface area contributed by atoms with Gasteiger partial charge < -0.3 is 44.7 Å². The summed E-state index contributed by atoms with van der Waals surface area (Å²) in [6.45, 7) is 5.22. The molecular weight excluding hydrogens is 790 g/mol. The van der Waals surface area contributed by atoms with Crippen LogP contribution < -0.4 is 10.5 Å². The van der Waals surface area contributed by atoms with Crippen molar-refractivity contribution in [2.45, 2.75) is 70.0 Å². The number of thiophene rings is 1. The quantitative estimate of drug-likeness (QED) is 0.150. The second kappa shape index (κ2) is 17.7. The van der Waals surface area contributed by atoms with Crippen LogP contribution in [0.4, 0.5) is 26.3 Å². The smallest absolute Gasteiger partial charge is 0.490 e. The number of methoxy groups -OCH3 is 1. The maximum atomic E-state index is 13.6. The van der Waals surface area contributed by atoms with Crippen molar-refractivity contribution < 1.29 is 65.6 Å². The summed E-state index contributed by atoms with van der Waals surface area (Å²) in [4.78, 5) is 53.6. The maximum absolute atomic E-state index is 13.6. The number of carboxylic acids is 3. The van der Waals surface area contributed by atoms with Gasteiger partial charge >= 0.3 is 30.3 Å². The Morgan fingerprint density at radius 1 is 0.895 bits per heavy atom. The summed E-state index contributed by atoms with van der Waals surface area (Å²) in [6.07, 6.45) is -4.47. The van der Waals surface area contributed by atoms with Crippen molar-refractivity contribution in [1.82, 2.24) is 23.9 Å². The van der Waals surface area contributed by atoms with E-state index in [1.165, 1.54) is 23.1 Å². The molecule has 5 N–H and O–H groups in total. The van der Waals surface area contributed by atoms with E-state index >= 15 is 0 Å². The Balaban J connectivity index is 0.000000380. The van der Waals surface area contributed by atoms with Gasteiger partial charge in [-0.25, -0.2) is 14.6 Å². The van der Waals surface area contributed by atoms with Crippen LogP contribution in [-0.4, -0.2) is 121 Å². The van der Waals surface area contributed by atoms with E-state index in [1.54, 1.807) is 18.4 Å². The number of piperidine rings is 2. The van der Waals surface area contributed by atoms with E-state index in [9.17, 15) is 41.0 Å². The second-order valence-corrected chi connectivity index (χ2v) is 15.0. The number of nitrogens with zero attached hydrogens (tertiary/aromatic N) is 5. The molecule has 2 aliphatic heterocycles. The predicted octanol–water partition coefficient (Wildman–Crippen LogP) is 5.76. The summed E-state index contributed by atoms with van der Waals surface area (Å²) >= 11 is 1.77. The highest BCUT2D eigenvalue weighted by atomic mass is 32.1. The van der Waals surface area contributed by atoms with Crippen LogP contribution in [0.15, 0.2) is 29.6 Å². The number of carbonyl (C=O) groups excluding carboxylic acids is 1. The molecule has 3 fully saturated rings. The molecule has 5 heterocycles. The van der Waals surface area contributed by atoms with E-state index in [2.05, 4.69) is 31.5 Å². The molecule has 1 aliphatic carbocycles. The summed E-state index contributed by atoms with van der Waals surface area (Å²) in [7, 11) is 1.65. The Hall–Kier alpha value is -4.89. The molecule has 0 radical (unpaired) electrons. The van der Waals surface area contributed by atoms with Gasteiger partial charge in [0.25, 0.3) is 5.91 Å². The normalized spacial score (nSPS) is 18.1. The molecule has 1 aromatic carbocycles. The number of hydrogen-bond acceptors (Lipinski definition) is 9. The van der Waals surface area contributed by atoms with Crippen LogP contribution in [0.2, 0.25) is 0 Å². The molecule has 0 bridgehead atoms. The predicted molar refractivity (Wildman–Crippen MR) is 195 cm³/mol. The highest BCUT2D eigenvalue weighted by Crippen LogP contribution is 2.40. The lowest BCUT2D eigenvalue weighted by atomic mass is 9.97. The molecule has 4 aromatic rings. The first-order chi connectivity index (χ1) is 26.8. The number of imidazole rings is 1. The minimum atomic E-state index is -5.08. The molecule has 0 spiro atoms. The average molecular weight is 833 g/mol. The molecule has 2 saturated heterocycles. The number of benzene rings is 1. The molecule has 57 heavy (non-hydrogen) atoms. The average Bonchev–Trinajstić information content (AvgIpc) is 3.57. The van der Waals surface area contributed by atoms with Gasteiger partial charge in [0.15, 0.2) is 5.82 Å². The third-order valence-corrected chi connectivity index (χ3v) is 10.9. The highest BCUT2D eigenvalue weighted by Gasteiger charge is 2.39. The molecular formula is C36H42F6N6O8S. The van der Waals surface area contributed by atoms with Gasteiger partial charge in [0.2, 0.25) is 0 Å². The third kappa shape index (κ3) is 10.7. The number of ether oxygens (including phenoxy) is 1. The first kappa shape index (κ1) is 43.2. The summed E-state index contributed by atoms with van der Waals surface area (Å²) in [5.74, 6) is -4.30. The Labute approximate surface area is 325 Å². The van der Waals surface area contributed by atoms with Gasteiger partial charge in [-0.05, 0) is 87.2 Å². The number of rotatable bonds is 9. The van der Waals surface area contributed by atoms with Gasteiger partial charge in [-0.15, -0.1) is 11.3 Å². The standard InChI is InChI=1S/C32H40N6O4S.2C2HF3O2/c1-42-27-17-23(30(39)36-9-2-3-24(33)19-36)15-25-28(27)37(13-12-35-10-6-21(7-11-35)32(40)41)29(34-25)26-16-22-8-14-43-31(22)38(26)18-20-4-5-20;2*3-2(4,5)1(6)7/h8,14-17,20-21,24H,2-7,9-13,18-19,33H2,1H3,(H,40,41);2*(H,6,7)/t24-;;/m1../s1. The number of carbonyl (C=O) groups is 4. The Morgan fingerprint density at radius 3 is 2.07 bits per heavy atom. The van der Waals surface area contributed by atoms with Gasteiger partial charge in [-0.2, -0.15) is 26.3 Å². The first-order valence-electron chi connectivity index (χ1n) is 18.0. The Bertz CT molecular complexity index is 2060. The highest BCUT2D eigenvalue weighted by molar-refractivity contribution is 7.16. The molecule has 1 saturated carbocycles. The maximum Gasteiger partial charge on any atom is 0.490 e. The number of halogens is 6. The van der Waals surface area contributed by atoms with Crippen LogP contribution in [0.5, 0.6) is 5.75 Å². The van der Waals surface area contributed by atoms with Gasteiger partial charge in [-0.1, -0.05) is 0 Å². The zero-order chi connectivity index (χ0) is 41.8. The van der Waals surface area contributed by atoms with Gasteiger partial charge in [0.1, 0.15) is 16.1 Å². The summed E-state index contributed by atoms with van der Waals surface area (Å²) in [5, 5.41) is 27.1. The number of nitrogens with two attached hydrogens (primary N) is 1. The molecule has 1 atom stereocenters. The van der Waals surface area contributed by atoms with Gasteiger partial charge in [0, 0.05) is 49.7 Å². The van der Waals surface area contributed by atoms with Crippen LogP contribution >= 0.6 is 11.3 Å². The zero-order valence-electron chi connectivity index (χ0n) is 30.7. The lowest BCUT2D eigenvalue weighted by molar-refractivity contribution is -0.193. The number of likely N-dealkylation sites (tertiary alicyclic amines) is 2. The molecule has 1 amide bonds. The van der Waals surface area contributed by atoms with Crippen LogP contribution in [-0.2, 0) is 27.5 Å². The van der Waals surface area contributed by atoms with Crippen LogP contribution in [0, 0.1) is 11.8 Å². The van der Waals surface area contributed by atoms with E-state index < -0.39 is 30.3 Å². The third-order valence-electron chi connectivity index (χ3n) is 9.95. The molecule has 3 aliphatic rings. The number of aromatic nitrogens is 3. The summed E-state index contributed by atoms with van der Waals surface area (Å²) in [5.41, 5.74) is 9.48. The number of alkyl halides is 6. The zero-order valence-corrected chi connectivity index (χ0v) is 31.5. The molecule has 7 rings (SSSR count). The van der Waals surface area contributed by atoms with Crippen molar-refractivity contribution in [2.75, 3.05) is 39.8 Å². The van der Waals surface area contributed by atoms with E-state index in [-0.39, 0.29) is 17.9 Å². The van der Waals surface area contributed by atoms with Crippen molar-refractivity contribution in [3.8, 4) is 17.3 Å². The van der Waals surface area contributed by atoms with Crippen molar-refractivity contribution in [3.05, 3.63) is 35.2 Å².